The summed E-state index contributed by atoms with van der Waals surface area (Å²) in [7, 11) is 2.00. The molecule has 4 nitrogen and oxygen atoms in total. The zero-order valence-corrected chi connectivity index (χ0v) is 10.3. The summed E-state index contributed by atoms with van der Waals surface area (Å²) in [5.41, 5.74) is 7.28. The predicted molar refractivity (Wildman–Crippen MR) is 65.6 cm³/mol. The maximum atomic E-state index is 8.57. The van der Waals surface area contributed by atoms with Crippen molar-refractivity contribution in [1.82, 2.24) is 0 Å². The molecule has 0 saturated carbocycles. The van der Waals surface area contributed by atoms with Crippen LogP contribution in [-0.2, 0) is 0 Å². The summed E-state index contributed by atoms with van der Waals surface area (Å²) in [6, 6.07) is 5.69. The van der Waals surface area contributed by atoms with Crippen LogP contribution in [0.3, 0.4) is 0 Å². The number of nitrogens with two attached hydrogens (primary N) is 1. The first-order valence-corrected chi connectivity index (χ1v) is 5.38. The van der Waals surface area contributed by atoms with Crippen LogP contribution in [0.4, 0.5) is 5.69 Å². The fourth-order valence-corrected chi connectivity index (χ4v) is 1.76. The molecule has 0 fully saturated rings. The number of nitrogens with zero attached hydrogens (tertiary/aromatic N) is 2. The number of anilines is 1. The van der Waals surface area contributed by atoms with E-state index in [1.54, 1.807) is 0 Å². The highest BCUT2D eigenvalue weighted by molar-refractivity contribution is 9.10. The van der Waals surface area contributed by atoms with Crippen molar-refractivity contribution in [2.45, 2.75) is 6.92 Å². The summed E-state index contributed by atoms with van der Waals surface area (Å²) in [4.78, 5) is 2.10. The molecule has 1 aromatic rings. The molecule has 0 atom stereocenters. The van der Waals surface area contributed by atoms with Crippen LogP contribution in [-0.4, -0.2) is 24.6 Å². The third-order valence-electron chi connectivity index (χ3n) is 2.25. The second-order valence-electron chi connectivity index (χ2n) is 3.16. The summed E-state index contributed by atoms with van der Waals surface area (Å²) in [5, 5.41) is 11.5. The van der Waals surface area contributed by atoms with Crippen molar-refractivity contribution in [3.8, 4) is 0 Å². The minimum Gasteiger partial charge on any atom is -0.409 e. The average Bonchev–Trinajstić information content (AvgIpc) is 2.26. The monoisotopic (exact) mass is 271 g/mol. The molecule has 1 rings (SSSR count). The number of hydrogen-bond acceptors (Lipinski definition) is 3. The largest absolute Gasteiger partial charge is 0.409 e. The molecule has 1 aromatic carbocycles. The first kappa shape index (κ1) is 11.8. The van der Waals surface area contributed by atoms with Crippen molar-refractivity contribution in [3.63, 3.8) is 0 Å². The summed E-state index contributed by atoms with van der Waals surface area (Å²) < 4.78 is 0.815. The molecule has 0 aliphatic heterocycles. The fourth-order valence-electron chi connectivity index (χ4n) is 1.19. The van der Waals surface area contributed by atoms with E-state index in [9.17, 15) is 0 Å². The number of benzene rings is 1. The highest BCUT2D eigenvalue weighted by Gasteiger charge is 2.07. The van der Waals surface area contributed by atoms with E-state index in [4.69, 9.17) is 10.9 Å². The molecule has 0 aliphatic rings. The van der Waals surface area contributed by atoms with Crippen LogP contribution >= 0.6 is 15.9 Å². The molecule has 0 bridgehead atoms. The van der Waals surface area contributed by atoms with Gasteiger partial charge < -0.3 is 15.8 Å². The lowest BCUT2D eigenvalue weighted by Crippen LogP contribution is -2.17. The lowest BCUT2D eigenvalue weighted by atomic mass is 10.2. The van der Waals surface area contributed by atoms with Gasteiger partial charge in [-0.25, -0.2) is 0 Å². The Morgan fingerprint density at radius 1 is 1.60 bits per heavy atom. The first-order chi connectivity index (χ1) is 7.10. The first-order valence-electron chi connectivity index (χ1n) is 4.58. The van der Waals surface area contributed by atoms with Crippen molar-refractivity contribution in [2.75, 3.05) is 18.5 Å². The maximum Gasteiger partial charge on any atom is 0.171 e. The molecule has 3 N–H and O–H groups in total. The second kappa shape index (κ2) is 5.02. The molecule has 15 heavy (non-hydrogen) atoms. The van der Waals surface area contributed by atoms with E-state index in [0.29, 0.717) is 5.56 Å². The normalized spacial score (nSPS) is 11.5. The van der Waals surface area contributed by atoms with E-state index < -0.39 is 0 Å². The molecular formula is C10H14BrN3O. The summed E-state index contributed by atoms with van der Waals surface area (Å²) in [5.74, 6) is 0.104. The number of halogens is 1. The minimum atomic E-state index is 0.104. The van der Waals surface area contributed by atoms with E-state index in [1.807, 2.05) is 25.2 Å². The van der Waals surface area contributed by atoms with Gasteiger partial charge in [0, 0.05) is 29.3 Å². The standard InChI is InChI=1S/C10H14BrN3O/c1-3-14(2)7-4-5-8(9(11)6-7)10(12)13-15/h4-6,15H,3H2,1-2H3,(H2,12,13). The van der Waals surface area contributed by atoms with Crippen molar-refractivity contribution in [2.24, 2.45) is 10.9 Å². The highest BCUT2D eigenvalue weighted by Crippen LogP contribution is 2.23. The lowest BCUT2D eigenvalue weighted by molar-refractivity contribution is 0.318. The number of hydrogen-bond donors (Lipinski definition) is 2. The van der Waals surface area contributed by atoms with E-state index >= 15 is 0 Å². The Morgan fingerprint density at radius 3 is 2.73 bits per heavy atom. The molecular weight excluding hydrogens is 258 g/mol. The van der Waals surface area contributed by atoms with Crippen LogP contribution < -0.4 is 10.6 Å². The Labute approximate surface area is 97.5 Å². The Kier molecular flexibility index (Phi) is 3.96. The third kappa shape index (κ3) is 2.62. The maximum absolute atomic E-state index is 8.57. The summed E-state index contributed by atoms with van der Waals surface area (Å²) in [6.45, 7) is 3.00. The molecule has 0 aromatic heterocycles. The molecule has 0 radical (unpaired) electrons. The summed E-state index contributed by atoms with van der Waals surface area (Å²) >= 11 is 3.39. The number of amidine groups is 1. The van der Waals surface area contributed by atoms with Gasteiger partial charge in [0.25, 0.3) is 0 Å². The molecule has 0 unspecified atom stereocenters. The molecule has 82 valence electrons. The van der Waals surface area contributed by atoms with Gasteiger partial charge in [0.15, 0.2) is 5.84 Å². The fraction of sp³-hybridized carbons (Fsp3) is 0.300. The molecule has 0 heterocycles. The zero-order chi connectivity index (χ0) is 11.4. The third-order valence-corrected chi connectivity index (χ3v) is 2.91. The highest BCUT2D eigenvalue weighted by atomic mass is 79.9. The van der Waals surface area contributed by atoms with E-state index in [1.165, 1.54) is 0 Å². The van der Waals surface area contributed by atoms with E-state index in [2.05, 4.69) is 32.9 Å². The summed E-state index contributed by atoms with van der Waals surface area (Å²) in [6.07, 6.45) is 0. The van der Waals surface area contributed by atoms with Gasteiger partial charge in [0.05, 0.1) is 0 Å². The second-order valence-corrected chi connectivity index (χ2v) is 4.02. The Balaban J connectivity index is 3.08. The average molecular weight is 272 g/mol. The lowest BCUT2D eigenvalue weighted by Gasteiger charge is -2.17. The van der Waals surface area contributed by atoms with Crippen molar-refractivity contribution in [1.29, 1.82) is 0 Å². The van der Waals surface area contributed by atoms with Gasteiger partial charge in [-0.15, -0.1) is 0 Å². The van der Waals surface area contributed by atoms with Gasteiger partial charge >= 0.3 is 0 Å². The molecule has 0 amide bonds. The van der Waals surface area contributed by atoms with Crippen LogP contribution in [0.25, 0.3) is 0 Å². The Bertz CT molecular complexity index is 379. The SMILES string of the molecule is CCN(C)c1ccc(/C(N)=N/O)c(Br)c1. The molecule has 0 saturated heterocycles. The van der Waals surface area contributed by atoms with Gasteiger partial charge in [0.1, 0.15) is 0 Å². The molecule has 0 aliphatic carbocycles. The van der Waals surface area contributed by atoms with Crippen LogP contribution in [0.15, 0.2) is 27.8 Å². The predicted octanol–water partition coefficient (Wildman–Crippen LogP) is 2.00. The van der Waals surface area contributed by atoms with Crippen LogP contribution in [0.5, 0.6) is 0 Å². The van der Waals surface area contributed by atoms with Gasteiger partial charge in [-0.2, -0.15) is 0 Å². The van der Waals surface area contributed by atoms with Crippen molar-refractivity contribution < 1.29 is 5.21 Å². The molecule has 0 spiro atoms. The zero-order valence-electron chi connectivity index (χ0n) is 8.74. The van der Waals surface area contributed by atoms with Gasteiger partial charge in [0.2, 0.25) is 0 Å². The minimum absolute atomic E-state index is 0.104. The van der Waals surface area contributed by atoms with Crippen molar-refractivity contribution >= 4 is 27.5 Å². The van der Waals surface area contributed by atoms with E-state index in [0.717, 1.165) is 16.7 Å². The van der Waals surface area contributed by atoms with E-state index in [-0.39, 0.29) is 5.84 Å². The Morgan fingerprint density at radius 2 is 2.27 bits per heavy atom. The van der Waals surface area contributed by atoms with Crippen LogP contribution in [0.1, 0.15) is 12.5 Å². The van der Waals surface area contributed by atoms with Crippen molar-refractivity contribution in [3.05, 3.63) is 28.2 Å². The van der Waals surface area contributed by atoms with Gasteiger partial charge in [-0.05, 0) is 41.1 Å². The van der Waals surface area contributed by atoms with Gasteiger partial charge in [-0.3, -0.25) is 0 Å². The number of rotatable bonds is 3. The van der Waals surface area contributed by atoms with Gasteiger partial charge in [-0.1, -0.05) is 5.16 Å². The molecule has 5 heteroatoms. The smallest absolute Gasteiger partial charge is 0.171 e. The Hall–Kier alpha value is -1.23. The quantitative estimate of drug-likeness (QED) is 0.383. The number of oxime groups is 1. The van der Waals surface area contributed by atoms with Crippen LogP contribution in [0.2, 0.25) is 0 Å². The van der Waals surface area contributed by atoms with Crippen LogP contribution in [0, 0.1) is 0 Å². The topological polar surface area (TPSA) is 61.8 Å².